The van der Waals surface area contributed by atoms with Gasteiger partial charge >= 0.3 is 0 Å². The molecule has 0 saturated carbocycles. The van der Waals surface area contributed by atoms with Crippen molar-refractivity contribution in [1.82, 2.24) is 20.1 Å². The van der Waals surface area contributed by atoms with Gasteiger partial charge in [0.2, 0.25) is 5.91 Å². The molecule has 1 N–H and O–H groups in total. The Morgan fingerprint density at radius 3 is 2.54 bits per heavy atom. The summed E-state index contributed by atoms with van der Waals surface area (Å²) >= 11 is 0. The zero-order valence-electron chi connectivity index (χ0n) is 15.5. The van der Waals surface area contributed by atoms with Gasteiger partial charge in [-0.3, -0.25) is 4.79 Å². The first kappa shape index (κ1) is 18.1. The summed E-state index contributed by atoms with van der Waals surface area (Å²) in [7, 11) is 0. The fourth-order valence-corrected chi connectivity index (χ4v) is 2.98. The molecule has 7 nitrogen and oxygen atoms in total. The summed E-state index contributed by atoms with van der Waals surface area (Å²) in [5.74, 6) is 2.53. The molecule has 2 aromatic rings. The smallest absolute Gasteiger partial charge is 0.222 e. The van der Waals surface area contributed by atoms with Crippen molar-refractivity contribution in [2.45, 2.75) is 33.1 Å². The van der Waals surface area contributed by atoms with Gasteiger partial charge in [-0.25, -0.2) is 4.98 Å². The molecular formula is C19H26N6O. The number of piperazine rings is 1. The fourth-order valence-electron chi connectivity index (χ4n) is 2.98. The molecule has 1 saturated heterocycles. The molecule has 138 valence electrons. The number of anilines is 3. The second-order valence-corrected chi connectivity index (χ2v) is 6.54. The van der Waals surface area contributed by atoms with Gasteiger partial charge < -0.3 is 15.1 Å². The monoisotopic (exact) mass is 354 g/mol. The predicted molar refractivity (Wildman–Crippen MR) is 103 cm³/mol. The SMILES string of the molecule is CCCCC(=O)N1CCN(c2ccc(Nc3cccc(C)n3)nn2)CC1. The van der Waals surface area contributed by atoms with E-state index in [0.717, 1.165) is 56.4 Å². The number of aryl methyl sites for hydroxylation is 1. The molecular weight excluding hydrogens is 328 g/mol. The normalized spacial score (nSPS) is 14.4. The number of unbranched alkanes of at least 4 members (excludes halogenated alkanes) is 1. The van der Waals surface area contributed by atoms with Gasteiger partial charge in [0, 0.05) is 38.3 Å². The molecule has 0 unspecified atom stereocenters. The molecule has 1 fully saturated rings. The van der Waals surface area contributed by atoms with Crippen molar-refractivity contribution in [3.8, 4) is 0 Å². The van der Waals surface area contributed by atoms with Gasteiger partial charge in [0.05, 0.1) is 0 Å². The van der Waals surface area contributed by atoms with Crippen LogP contribution in [-0.4, -0.2) is 52.2 Å². The van der Waals surface area contributed by atoms with Gasteiger partial charge in [-0.2, -0.15) is 0 Å². The van der Waals surface area contributed by atoms with Crippen molar-refractivity contribution in [3.05, 3.63) is 36.0 Å². The summed E-state index contributed by atoms with van der Waals surface area (Å²) in [5.41, 5.74) is 0.950. The quantitative estimate of drug-likeness (QED) is 0.860. The number of hydrogen-bond donors (Lipinski definition) is 1. The van der Waals surface area contributed by atoms with Gasteiger partial charge in [-0.05, 0) is 37.6 Å². The molecule has 3 rings (SSSR count). The number of nitrogens with zero attached hydrogens (tertiary/aromatic N) is 5. The third-order valence-electron chi connectivity index (χ3n) is 4.50. The van der Waals surface area contributed by atoms with E-state index in [1.165, 1.54) is 0 Å². The Hall–Kier alpha value is -2.70. The third kappa shape index (κ3) is 4.68. The molecule has 0 radical (unpaired) electrons. The maximum absolute atomic E-state index is 12.1. The number of carbonyl (C=O) groups excluding carboxylic acids is 1. The Balaban J connectivity index is 1.54. The van der Waals surface area contributed by atoms with E-state index in [1.54, 1.807) is 0 Å². The van der Waals surface area contributed by atoms with Crippen LogP contribution in [0.5, 0.6) is 0 Å². The Morgan fingerprint density at radius 1 is 1.08 bits per heavy atom. The molecule has 7 heteroatoms. The summed E-state index contributed by atoms with van der Waals surface area (Å²) in [6, 6.07) is 9.67. The first-order valence-corrected chi connectivity index (χ1v) is 9.23. The second kappa shape index (κ2) is 8.60. The molecule has 0 bridgehead atoms. The first-order valence-electron chi connectivity index (χ1n) is 9.23. The lowest BCUT2D eigenvalue weighted by molar-refractivity contribution is -0.131. The minimum absolute atomic E-state index is 0.266. The lowest BCUT2D eigenvalue weighted by Gasteiger charge is -2.35. The Kier molecular flexibility index (Phi) is 5.99. The fraction of sp³-hybridized carbons (Fsp3) is 0.474. The molecule has 2 aromatic heterocycles. The zero-order valence-corrected chi connectivity index (χ0v) is 15.5. The zero-order chi connectivity index (χ0) is 18.4. The number of hydrogen-bond acceptors (Lipinski definition) is 6. The molecule has 1 aliphatic heterocycles. The number of amides is 1. The van der Waals surface area contributed by atoms with Crippen LogP contribution in [0.1, 0.15) is 31.9 Å². The van der Waals surface area contributed by atoms with E-state index in [1.807, 2.05) is 42.2 Å². The summed E-state index contributed by atoms with van der Waals surface area (Å²) < 4.78 is 0. The maximum Gasteiger partial charge on any atom is 0.222 e. The minimum atomic E-state index is 0.266. The van der Waals surface area contributed by atoms with Gasteiger partial charge in [0.15, 0.2) is 11.6 Å². The van der Waals surface area contributed by atoms with E-state index in [-0.39, 0.29) is 5.91 Å². The molecule has 0 spiro atoms. The van der Waals surface area contributed by atoms with Gasteiger partial charge in [0.1, 0.15) is 5.82 Å². The average Bonchev–Trinajstić information content (AvgIpc) is 2.67. The molecule has 3 heterocycles. The summed E-state index contributed by atoms with van der Waals surface area (Å²) in [5, 5.41) is 11.7. The average molecular weight is 354 g/mol. The molecule has 1 amide bonds. The number of carbonyl (C=O) groups is 1. The van der Waals surface area contributed by atoms with Crippen LogP contribution in [0.15, 0.2) is 30.3 Å². The number of nitrogens with one attached hydrogen (secondary N) is 1. The standard InChI is InChI=1S/C19H26N6O/c1-3-4-8-19(26)25-13-11-24(12-14-25)18-10-9-17(22-23-18)21-16-7-5-6-15(2)20-16/h5-7,9-10H,3-4,8,11-14H2,1-2H3,(H,20,21,22). The minimum Gasteiger partial charge on any atom is -0.352 e. The highest BCUT2D eigenvalue weighted by molar-refractivity contribution is 5.76. The van der Waals surface area contributed by atoms with Crippen LogP contribution in [0, 0.1) is 6.92 Å². The van der Waals surface area contributed by atoms with Crippen molar-refractivity contribution in [1.29, 1.82) is 0 Å². The van der Waals surface area contributed by atoms with E-state index in [9.17, 15) is 4.79 Å². The van der Waals surface area contributed by atoms with Crippen LogP contribution in [0.3, 0.4) is 0 Å². The van der Waals surface area contributed by atoms with E-state index >= 15 is 0 Å². The Bertz CT molecular complexity index is 725. The predicted octanol–water partition coefficient (Wildman–Crippen LogP) is 2.76. The second-order valence-electron chi connectivity index (χ2n) is 6.54. The summed E-state index contributed by atoms with van der Waals surface area (Å²) in [6.07, 6.45) is 2.68. The number of rotatable bonds is 6. The van der Waals surface area contributed by atoms with E-state index < -0.39 is 0 Å². The van der Waals surface area contributed by atoms with Crippen molar-refractivity contribution >= 4 is 23.4 Å². The topological polar surface area (TPSA) is 74.2 Å². The third-order valence-corrected chi connectivity index (χ3v) is 4.50. The van der Waals surface area contributed by atoms with E-state index in [0.29, 0.717) is 12.2 Å². The van der Waals surface area contributed by atoms with Gasteiger partial charge in [-0.1, -0.05) is 19.4 Å². The Labute approximate surface area is 154 Å². The highest BCUT2D eigenvalue weighted by Crippen LogP contribution is 2.17. The van der Waals surface area contributed by atoms with E-state index in [4.69, 9.17) is 0 Å². The van der Waals surface area contributed by atoms with E-state index in [2.05, 4.69) is 32.3 Å². The van der Waals surface area contributed by atoms with Crippen molar-refractivity contribution in [2.75, 3.05) is 36.4 Å². The largest absolute Gasteiger partial charge is 0.352 e. The Morgan fingerprint density at radius 2 is 1.88 bits per heavy atom. The highest BCUT2D eigenvalue weighted by Gasteiger charge is 2.21. The molecule has 0 atom stereocenters. The van der Waals surface area contributed by atoms with Crippen LogP contribution in [0.25, 0.3) is 0 Å². The molecule has 26 heavy (non-hydrogen) atoms. The first-order chi connectivity index (χ1) is 12.7. The number of aromatic nitrogens is 3. The summed E-state index contributed by atoms with van der Waals surface area (Å²) in [4.78, 5) is 20.6. The van der Waals surface area contributed by atoms with Crippen LogP contribution in [-0.2, 0) is 4.79 Å². The summed E-state index contributed by atoms with van der Waals surface area (Å²) in [6.45, 7) is 7.14. The molecule has 0 aromatic carbocycles. The lowest BCUT2D eigenvalue weighted by atomic mass is 10.2. The van der Waals surface area contributed by atoms with Crippen LogP contribution < -0.4 is 10.2 Å². The van der Waals surface area contributed by atoms with Gasteiger partial charge in [0.25, 0.3) is 0 Å². The number of pyridine rings is 1. The van der Waals surface area contributed by atoms with Crippen LogP contribution >= 0.6 is 0 Å². The van der Waals surface area contributed by atoms with Crippen LogP contribution in [0.2, 0.25) is 0 Å². The van der Waals surface area contributed by atoms with Crippen molar-refractivity contribution in [2.24, 2.45) is 0 Å². The van der Waals surface area contributed by atoms with Crippen LogP contribution in [0.4, 0.5) is 17.5 Å². The van der Waals surface area contributed by atoms with Gasteiger partial charge in [-0.15, -0.1) is 10.2 Å². The molecule has 1 aliphatic rings. The molecule has 0 aliphatic carbocycles. The highest BCUT2D eigenvalue weighted by atomic mass is 16.2. The maximum atomic E-state index is 12.1. The van der Waals surface area contributed by atoms with Crippen molar-refractivity contribution in [3.63, 3.8) is 0 Å². The van der Waals surface area contributed by atoms with Crippen molar-refractivity contribution < 1.29 is 4.79 Å². The lowest BCUT2D eigenvalue weighted by Crippen LogP contribution is -2.49.